The molecule has 8 heteroatoms. The standard InChI is InChI=1S/C21H29N5O2S/c1-26(2)13-16-9-10-17(12-23-16)29(22,28)25-21(27)24-20-18-7-3-5-14(18)11-15-6-4-8-19(15)20/h9-12,21,24,27H,3-8,13H2,1-2H3,(H2,22,25,28). The van der Waals surface area contributed by atoms with Crippen LogP contribution in [0.5, 0.6) is 0 Å². The number of hydrogen-bond acceptors (Lipinski definition) is 6. The molecule has 0 amide bonds. The number of nitrogens with zero attached hydrogens (tertiary/aromatic N) is 3. The maximum Gasteiger partial charge on any atom is 0.233 e. The van der Waals surface area contributed by atoms with E-state index in [1.54, 1.807) is 12.1 Å². The Balaban J connectivity index is 1.59. The molecule has 0 bridgehead atoms. The molecular formula is C21H29N5O2S. The molecule has 0 saturated carbocycles. The lowest BCUT2D eigenvalue weighted by Crippen LogP contribution is -2.24. The van der Waals surface area contributed by atoms with Crippen molar-refractivity contribution in [2.24, 2.45) is 9.50 Å². The molecular weight excluding hydrogens is 386 g/mol. The first kappa shape index (κ1) is 20.3. The van der Waals surface area contributed by atoms with E-state index in [-0.39, 0.29) is 0 Å². The minimum atomic E-state index is -3.27. The summed E-state index contributed by atoms with van der Waals surface area (Å²) in [4.78, 5) is 6.61. The fraction of sp³-hybridized carbons (Fsp3) is 0.476. The molecule has 0 fully saturated rings. The number of hydrogen-bond donors (Lipinski definition) is 3. The van der Waals surface area contributed by atoms with Crippen LogP contribution in [0.15, 0.2) is 33.7 Å². The normalized spacial score (nSPS) is 18.2. The van der Waals surface area contributed by atoms with E-state index in [9.17, 15) is 9.32 Å². The van der Waals surface area contributed by atoms with E-state index in [2.05, 4.69) is 20.7 Å². The molecule has 7 nitrogen and oxygen atoms in total. The molecule has 0 spiro atoms. The highest BCUT2D eigenvalue weighted by molar-refractivity contribution is 7.91. The van der Waals surface area contributed by atoms with Crippen molar-refractivity contribution in [3.63, 3.8) is 0 Å². The highest BCUT2D eigenvalue weighted by atomic mass is 32.2. The number of aliphatic hydroxyl groups is 1. The van der Waals surface area contributed by atoms with Gasteiger partial charge in [-0.2, -0.15) is 4.36 Å². The monoisotopic (exact) mass is 415 g/mol. The van der Waals surface area contributed by atoms with Gasteiger partial charge in [0.25, 0.3) is 0 Å². The van der Waals surface area contributed by atoms with Crippen molar-refractivity contribution in [2.45, 2.75) is 56.3 Å². The number of aliphatic hydroxyl groups excluding tert-OH is 1. The third kappa shape index (κ3) is 4.30. The first-order chi connectivity index (χ1) is 13.8. The van der Waals surface area contributed by atoms with E-state index >= 15 is 0 Å². The van der Waals surface area contributed by atoms with Crippen LogP contribution in [0.2, 0.25) is 0 Å². The van der Waals surface area contributed by atoms with Crippen LogP contribution < -0.4 is 10.5 Å². The lowest BCUT2D eigenvalue weighted by Gasteiger charge is -2.19. The summed E-state index contributed by atoms with van der Waals surface area (Å²) in [6, 6.07) is 5.78. The van der Waals surface area contributed by atoms with Crippen molar-refractivity contribution in [3.8, 4) is 0 Å². The molecule has 2 aliphatic carbocycles. The predicted octanol–water partition coefficient (Wildman–Crippen LogP) is 2.21. The average molecular weight is 416 g/mol. The summed E-state index contributed by atoms with van der Waals surface area (Å²) in [5, 5.41) is 19.7. The Hall–Kier alpha value is -2.00. The molecule has 1 heterocycles. The van der Waals surface area contributed by atoms with Gasteiger partial charge in [-0.05, 0) is 87.0 Å². The minimum Gasteiger partial charge on any atom is -0.355 e. The Kier molecular flexibility index (Phi) is 5.61. The van der Waals surface area contributed by atoms with Gasteiger partial charge < -0.3 is 15.3 Å². The zero-order valence-corrected chi connectivity index (χ0v) is 17.8. The number of nitrogens with one attached hydrogen (secondary N) is 1. The molecule has 4 N–H and O–H groups in total. The van der Waals surface area contributed by atoms with Crippen LogP contribution in [0.3, 0.4) is 0 Å². The molecule has 0 saturated heterocycles. The summed E-state index contributed by atoms with van der Waals surface area (Å²) in [6.45, 7) is 0.678. The van der Waals surface area contributed by atoms with Crippen molar-refractivity contribution in [1.82, 2.24) is 9.88 Å². The van der Waals surface area contributed by atoms with Gasteiger partial charge in [-0.25, -0.2) is 9.35 Å². The van der Waals surface area contributed by atoms with Crippen molar-refractivity contribution < 1.29 is 9.32 Å². The summed E-state index contributed by atoms with van der Waals surface area (Å²) in [6.07, 6.45) is 6.52. The second-order valence-corrected chi connectivity index (χ2v) is 9.97. The Morgan fingerprint density at radius 3 is 2.41 bits per heavy atom. The van der Waals surface area contributed by atoms with Crippen LogP contribution in [0.1, 0.15) is 40.8 Å². The minimum absolute atomic E-state index is 0.310. The van der Waals surface area contributed by atoms with Crippen LogP contribution in [-0.4, -0.2) is 39.6 Å². The quantitative estimate of drug-likeness (QED) is 0.628. The zero-order chi connectivity index (χ0) is 20.6. The number of benzene rings is 1. The zero-order valence-electron chi connectivity index (χ0n) is 17.0. The third-order valence-electron chi connectivity index (χ3n) is 5.62. The number of rotatable bonds is 6. The van der Waals surface area contributed by atoms with Gasteiger partial charge in [0.05, 0.1) is 10.6 Å². The van der Waals surface area contributed by atoms with Gasteiger partial charge in [-0.15, -0.1) is 0 Å². The number of aromatic nitrogens is 1. The van der Waals surface area contributed by atoms with Crippen molar-refractivity contribution in [3.05, 3.63) is 52.3 Å². The average Bonchev–Trinajstić information content (AvgIpc) is 3.30. The van der Waals surface area contributed by atoms with E-state index in [1.807, 2.05) is 19.0 Å². The van der Waals surface area contributed by atoms with Crippen LogP contribution in [0.4, 0.5) is 5.69 Å². The lowest BCUT2D eigenvalue weighted by atomic mass is 9.99. The van der Waals surface area contributed by atoms with Gasteiger partial charge in [0.1, 0.15) is 9.92 Å². The molecule has 4 rings (SSSR count). The predicted molar refractivity (Wildman–Crippen MR) is 115 cm³/mol. The summed E-state index contributed by atoms with van der Waals surface area (Å²) in [7, 11) is 0.642. The molecule has 29 heavy (non-hydrogen) atoms. The van der Waals surface area contributed by atoms with Crippen molar-refractivity contribution >= 4 is 15.6 Å². The molecule has 2 unspecified atom stereocenters. The van der Waals surface area contributed by atoms with E-state index < -0.39 is 16.3 Å². The molecule has 2 aliphatic rings. The van der Waals surface area contributed by atoms with Crippen molar-refractivity contribution in [2.75, 3.05) is 19.4 Å². The van der Waals surface area contributed by atoms with Gasteiger partial charge in [-0.1, -0.05) is 6.07 Å². The molecule has 1 aromatic heterocycles. The number of nitrogens with two attached hydrogens (primary N) is 1. The van der Waals surface area contributed by atoms with Crippen LogP contribution >= 0.6 is 0 Å². The number of anilines is 1. The van der Waals surface area contributed by atoms with Gasteiger partial charge in [-0.3, -0.25) is 4.98 Å². The van der Waals surface area contributed by atoms with E-state index in [0.29, 0.717) is 11.4 Å². The molecule has 2 aromatic rings. The van der Waals surface area contributed by atoms with Crippen LogP contribution in [-0.2, 0) is 42.1 Å². The van der Waals surface area contributed by atoms with Gasteiger partial charge in [0.2, 0.25) is 6.35 Å². The van der Waals surface area contributed by atoms with Gasteiger partial charge in [0, 0.05) is 18.4 Å². The lowest BCUT2D eigenvalue weighted by molar-refractivity contribution is 0.216. The number of pyridine rings is 1. The third-order valence-corrected chi connectivity index (χ3v) is 7.05. The Morgan fingerprint density at radius 1 is 1.21 bits per heavy atom. The molecule has 156 valence electrons. The maximum atomic E-state index is 13.0. The molecule has 1 aromatic carbocycles. The summed E-state index contributed by atoms with van der Waals surface area (Å²) in [5.41, 5.74) is 7.06. The summed E-state index contributed by atoms with van der Waals surface area (Å²) >= 11 is 0. The molecule has 2 atom stereocenters. The van der Waals surface area contributed by atoms with E-state index in [4.69, 9.17) is 5.14 Å². The second kappa shape index (κ2) is 8.02. The largest absolute Gasteiger partial charge is 0.355 e. The summed E-state index contributed by atoms with van der Waals surface area (Å²) in [5.74, 6) is 0. The molecule has 0 aliphatic heterocycles. The fourth-order valence-corrected chi connectivity index (χ4v) is 5.29. The van der Waals surface area contributed by atoms with Crippen LogP contribution in [0.25, 0.3) is 0 Å². The molecule has 0 radical (unpaired) electrons. The maximum absolute atomic E-state index is 13.0. The van der Waals surface area contributed by atoms with Gasteiger partial charge in [0.15, 0.2) is 0 Å². The Labute approximate surface area is 172 Å². The topological polar surface area (TPSA) is 104 Å². The second-order valence-electron chi connectivity index (χ2n) is 8.15. The first-order valence-electron chi connectivity index (χ1n) is 10.1. The van der Waals surface area contributed by atoms with Gasteiger partial charge >= 0.3 is 0 Å². The highest BCUT2D eigenvalue weighted by Gasteiger charge is 2.25. The first-order valence-corrected chi connectivity index (χ1v) is 11.7. The van der Waals surface area contributed by atoms with E-state index in [1.165, 1.54) is 28.5 Å². The highest BCUT2D eigenvalue weighted by Crippen LogP contribution is 2.38. The Bertz CT molecular complexity index is 994. The number of fused-ring (bicyclic) bond motifs is 2. The van der Waals surface area contributed by atoms with E-state index in [0.717, 1.165) is 49.9 Å². The summed E-state index contributed by atoms with van der Waals surface area (Å²) < 4.78 is 17.0. The smallest absolute Gasteiger partial charge is 0.233 e. The van der Waals surface area contributed by atoms with Crippen molar-refractivity contribution in [1.29, 1.82) is 0 Å². The van der Waals surface area contributed by atoms with Crippen LogP contribution in [0, 0.1) is 0 Å². The number of aryl methyl sites for hydroxylation is 2. The SMILES string of the molecule is CN(C)Cc1ccc(S(N)(=O)=NC(O)Nc2c3c(cc4c2CCC4)CCC3)cn1. The Morgan fingerprint density at radius 2 is 1.86 bits per heavy atom. The fourth-order valence-electron chi connectivity index (χ4n) is 4.36.